The van der Waals surface area contributed by atoms with Gasteiger partial charge in [-0.1, -0.05) is 15.9 Å². The molecule has 1 aromatic heterocycles. The van der Waals surface area contributed by atoms with Crippen molar-refractivity contribution in [2.75, 3.05) is 0 Å². The molecule has 20 heavy (non-hydrogen) atoms. The third kappa shape index (κ3) is 3.04. The number of carbonyl (C=O) groups is 1. The van der Waals surface area contributed by atoms with Gasteiger partial charge in [0.05, 0.1) is 5.54 Å². The van der Waals surface area contributed by atoms with Gasteiger partial charge in [0.1, 0.15) is 22.2 Å². The fourth-order valence-corrected chi connectivity index (χ4v) is 2.81. The van der Waals surface area contributed by atoms with E-state index in [-0.39, 0.29) is 4.47 Å². The Hall–Kier alpha value is -1.34. The number of nitrogens with one attached hydrogen (secondary N) is 1. The number of thiazole rings is 1. The molecule has 0 aliphatic carbocycles. The molecular formula is C13H11BrF2N2OS. The van der Waals surface area contributed by atoms with E-state index in [0.717, 1.165) is 12.1 Å². The number of nitrogens with zero attached hydrogens (tertiary/aromatic N) is 1. The molecule has 106 valence electrons. The highest BCUT2D eigenvalue weighted by Crippen LogP contribution is 2.24. The molecule has 1 N–H and O–H groups in total. The topological polar surface area (TPSA) is 42.0 Å². The van der Waals surface area contributed by atoms with Crippen LogP contribution < -0.4 is 5.32 Å². The summed E-state index contributed by atoms with van der Waals surface area (Å²) < 4.78 is 27.7. The minimum absolute atomic E-state index is 0.239. The third-order valence-corrected chi connectivity index (χ3v) is 4.18. The number of hydrogen-bond donors (Lipinski definition) is 1. The molecule has 1 heterocycles. The van der Waals surface area contributed by atoms with Crippen LogP contribution in [0.1, 0.15) is 29.2 Å². The van der Waals surface area contributed by atoms with Crippen molar-refractivity contribution >= 4 is 33.2 Å². The molecule has 7 heteroatoms. The fourth-order valence-electron chi connectivity index (χ4n) is 1.69. The van der Waals surface area contributed by atoms with E-state index in [2.05, 4.69) is 26.2 Å². The second-order valence-electron chi connectivity index (χ2n) is 4.66. The van der Waals surface area contributed by atoms with Crippen molar-refractivity contribution in [3.05, 3.63) is 50.4 Å². The molecule has 0 bridgehead atoms. The number of halogens is 3. The number of benzene rings is 1. The first-order valence-electron chi connectivity index (χ1n) is 5.68. The van der Waals surface area contributed by atoms with Gasteiger partial charge in [0.2, 0.25) is 0 Å². The van der Waals surface area contributed by atoms with Crippen LogP contribution in [0, 0.1) is 11.6 Å². The lowest BCUT2D eigenvalue weighted by Crippen LogP contribution is -2.41. The molecule has 0 fully saturated rings. The lowest BCUT2D eigenvalue weighted by atomic mass is 10.1. The molecule has 0 aliphatic rings. The molecule has 2 aromatic rings. The monoisotopic (exact) mass is 360 g/mol. The number of aromatic nitrogens is 1. The van der Waals surface area contributed by atoms with Crippen LogP contribution in [0.5, 0.6) is 0 Å². The van der Waals surface area contributed by atoms with Gasteiger partial charge in [-0.25, -0.2) is 13.8 Å². The van der Waals surface area contributed by atoms with Gasteiger partial charge >= 0.3 is 0 Å². The maximum Gasteiger partial charge on any atom is 0.258 e. The smallest absolute Gasteiger partial charge is 0.258 e. The van der Waals surface area contributed by atoms with Gasteiger partial charge in [-0.2, -0.15) is 0 Å². The van der Waals surface area contributed by atoms with E-state index in [1.807, 2.05) is 0 Å². The summed E-state index contributed by atoms with van der Waals surface area (Å²) in [6.07, 6.45) is 1.61. The minimum Gasteiger partial charge on any atom is -0.340 e. The molecule has 0 unspecified atom stereocenters. The van der Waals surface area contributed by atoms with Crippen molar-refractivity contribution in [1.82, 2.24) is 10.3 Å². The first kappa shape index (κ1) is 15.1. The summed E-state index contributed by atoms with van der Waals surface area (Å²) >= 11 is 4.33. The van der Waals surface area contributed by atoms with Crippen LogP contribution in [0.15, 0.2) is 28.2 Å². The zero-order valence-electron chi connectivity index (χ0n) is 10.7. The van der Waals surface area contributed by atoms with E-state index in [4.69, 9.17) is 0 Å². The van der Waals surface area contributed by atoms with E-state index in [1.165, 1.54) is 11.3 Å². The standard InChI is InChI=1S/C13H11BrF2N2OS/c1-13(2,12-17-3-4-20-12)18-11(19)10-8(15)5-7(14)6-9(10)16/h3-6H,1-2H3,(H,18,19). The van der Waals surface area contributed by atoms with Gasteiger partial charge < -0.3 is 5.32 Å². The Balaban J connectivity index is 2.30. The molecule has 0 atom stereocenters. The van der Waals surface area contributed by atoms with Gasteiger partial charge in [0.25, 0.3) is 5.91 Å². The van der Waals surface area contributed by atoms with E-state index >= 15 is 0 Å². The Morgan fingerprint density at radius 2 is 1.95 bits per heavy atom. The van der Waals surface area contributed by atoms with Crippen molar-refractivity contribution in [3.63, 3.8) is 0 Å². The summed E-state index contributed by atoms with van der Waals surface area (Å²) in [6.45, 7) is 3.44. The predicted molar refractivity (Wildman–Crippen MR) is 76.7 cm³/mol. The van der Waals surface area contributed by atoms with Crippen molar-refractivity contribution in [2.45, 2.75) is 19.4 Å². The minimum atomic E-state index is -0.913. The summed E-state index contributed by atoms with van der Waals surface area (Å²) in [5.74, 6) is -2.64. The molecule has 0 saturated heterocycles. The molecule has 0 spiro atoms. The molecule has 3 nitrogen and oxygen atoms in total. The lowest BCUT2D eigenvalue weighted by molar-refractivity contribution is 0.0903. The van der Waals surface area contributed by atoms with Crippen LogP contribution in [0.4, 0.5) is 8.78 Å². The summed E-state index contributed by atoms with van der Waals surface area (Å²) in [5, 5.41) is 5.01. The van der Waals surface area contributed by atoms with Crippen LogP contribution in [-0.4, -0.2) is 10.9 Å². The normalized spacial score (nSPS) is 11.4. The highest BCUT2D eigenvalue weighted by molar-refractivity contribution is 9.10. The second-order valence-corrected chi connectivity index (χ2v) is 6.47. The van der Waals surface area contributed by atoms with Crippen molar-refractivity contribution in [2.24, 2.45) is 0 Å². The number of amides is 1. The van der Waals surface area contributed by atoms with Crippen molar-refractivity contribution < 1.29 is 13.6 Å². The second kappa shape index (κ2) is 5.57. The predicted octanol–water partition coefficient (Wildman–Crippen LogP) is 3.85. The average Bonchev–Trinajstić information content (AvgIpc) is 2.79. The van der Waals surface area contributed by atoms with E-state index in [0.29, 0.717) is 5.01 Å². The molecule has 0 saturated carbocycles. The highest BCUT2D eigenvalue weighted by atomic mass is 79.9. The first-order chi connectivity index (χ1) is 9.31. The van der Waals surface area contributed by atoms with Gasteiger partial charge in [-0.05, 0) is 26.0 Å². The van der Waals surface area contributed by atoms with Crippen LogP contribution >= 0.6 is 27.3 Å². The Morgan fingerprint density at radius 1 is 1.35 bits per heavy atom. The maximum atomic E-state index is 13.7. The van der Waals surface area contributed by atoms with Crippen LogP contribution in [0.3, 0.4) is 0 Å². The summed E-state index contributed by atoms with van der Waals surface area (Å²) in [6, 6.07) is 2.10. The van der Waals surface area contributed by atoms with Crippen LogP contribution in [-0.2, 0) is 5.54 Å². The zero-order chi connectivity index (χ0) is 14.9. The Bertz CT molecular complexity index is 621. The Morgan fingerprint density at radius 3 is 2.45 bits per heavy atom. The molecule has 2 rings (SSSR count). The fraction of sp³-hybridized carbons (Fsp3) is 0.231. The lowest BCUT2D eigenvalue weighted by Gasteiger charge is -2.24. The molecule has 1 aromatic carbocycles. The summed E-state index contributed by atoms with van der Waals surface area (Å²) in [7, 11) is 0. The van der Waals surface area contributed by atoms with Gasteiger partial charge in [0.15, 0.2) is 0 Å². The molecule has 0 aliphatic heterocycles. The molecule has 1 amide bonds. The van der Waals surface area contributed by atoms with Crippen molar-refractivity contribution in [1.29, 1.82) is 0 Å². The quantitative estimate of drug-likeness (QED) is 0.903. The third-order valence-electron chi connectivity index (χ3n) is 2.63. The van der Waals surface area contributed by atoms with E-state index in [1.54, 1.807) is 25.4 Å². The zero-order valence-corrected chi connectivity index (χ0v) is 13.1. The van der Waals surface area contributed by atoms with Crippen LogP contribution in [0.25, 0.3) is 0 Å². The highest BCUT2D eigenvalue weighted by Gasteiger charge is 2.28. The number of hydrogen-bond acceptors (Lipinski definition) is 3. The van der Waals surface area contributed by atoms with Gasteiger partial charge in [-0.15, -0.1) is 11.3 Å². The SMILES string of the molecule is CC(C)(NC(=O)c1c(F)cc(Br)cc1F)c1nccs1. The van der Waals surface area contributed by atoms with Gasteiger partial charge in [0, 0.05) is 16.0 Å². The molecule has 0 radical (unpaired) electrons. The average molecular weight is 361 g/mol. The van der Waals surface area contributed by atoms with E-state index < -0.39 is 28.6 Å². The summed E-state index contributed by atoms with van der Waals surface area (Å²) in [5.41, 5.74) is -1.41. The Kier molecular flexibility index (Phi) is 4.19. The largest absolute Gasteiger partial charge is 0.340 e. The first-order valence-corrected chi connectivity index (χ1v) is 7.35. The maximum absolute atomic E-state index is 13.7. The number of carbonyl (C=O) groups excluding carboxylic acids is 1. The van der Waals surface area contributed by atoms with E-state index in [9.17, 15) is 13.6 Å². The molecular weight excluding hydrogens is 350 g/mol. The van der Waals surface area contributed by atoms with Crippen LogP contribution in [0.2, 0.25) is 0 Å². The van der Waals surface area contributed by atoms with Crippen molar-refractivity contribution in [3.8, 4) is 0 Å². The Labute approximate surface area is 127 Å². The van der Waals surface area contributed by atoms with Gasteiger partial charge in [-0.3, -0.25) is 4.79 Å². The summed E-state index contributed by atoms with van der Waals surface area (Å²) in [4.78, 5) is 16.2. The number of rotatable bonds is 3.